The van der Waals surface area contributed by atoms with E-state index in [1.54, 1.807) is 12.1 Å². The van der Waals surface area contributed by atoms with Crippen molar-refractivity contribution in [1.29, 1.82) is 0 Å². The van der Waals surface area contributed by atoms with Crippen LogP contribution in [0.4, 0.5) is 4.39 Å². The third-order valence-electron chi connectivity index (χ3n) is 4.75. The second kappa shape index (κ2) is 8.68. The van der Waals surface area contributed by atoms with Crippen molar-refractivity contribution in [2.75, 3.05) is 20.4 Å². The minimum atomic E-state index is -3.42. The molecule has 0 saturated heterocycles. The molecule has 1 heterocycles. The summed E-state index contributed by atoms with van der Waals surface area (Å²) in [6.07, 6.45) is 0.948. The number of hydrogen-bond donors (Lipinski definition) is 1. The number of nitrogens with one attached hydrogen (secondary N) is 1. The first-order valence-electron chi connectivity index (χ1n) is 9.66. The van der Waals surface area contributed by atoms with Crippen LogP contribution in [0.15, 0.2) is 40.8 Å². The Kier molecular flexibility index (Phi) is 6.38. The molecule has 0 saturated carbocycles. The van der Waals surface area contributed by atoms with Crippen molar-refractivity contribution in [3.05, 3.63) is 53.3 Å². The molecule has 2 aromatic carbocycles. The van der Waals surface area contributed by atoms with Crippen LogP contribution < -0.4 is 10.1 Å². The first kappa shape index (κ1) is 22.8. The Morgan fingerprint density at radius 2 is 1.87 bits per heavy atom. The first-order chi connectivity index (χ1) is 14.5. The number of fused-ring (bicyclic) bond motifs is 1. The number of rotatable bonds is 7. The molecule has 0 aliphatic carbocycles. The Bertz CT molecular complexity index is 1220. The van der Waals surface area contributed by atoms with Crippen LogP contribution in [0.1, 0.15) is 29.8 Å². The second-order valence-electron chi connectivity index (χ2n) is 7.53. The van der Waals surface area contributed by atoms with Gasteiger partial charge in [-0.3, -0.25) is 4.79 Å². The molecule has 7 nitrogen and oxygen atoms in total. The summed E-state index contributed by atoms with van der Waals surface area (Å²) < 4.78 is 50.3. The maximum atomic E-state index is 13.4. The molecule has 0 unspecified atom stereocenters. The van der Waals surface area contributed by atoms with Crippen LogP contribution in [0.5, 0.6) is 5.75 Å². The summed E-state index contributed by atoms with van der Waals surface area (Å²) in [4.78, 5) is 12.7. The lowest BCUT2D eigenvalue weighted by Gasteiger charge is -2.19. The lowest BCUT2D eigenvalue weighted by molar-refractivity contribution is 0.0964. The highest BCUT2D eigenvalue weighted by atomic mass is 32.2. The van der Waals surface area contributed by atoms with Crippen molar-refractivity contribution >= 4 is 26.9 Å². The van der Waals surface area contributed by atoms with Crippen molar-refractivity contribution in [2.24, 2.45) is 0 Å². The average molecular weight is 449 g/mol. The molecule has 0 atom stereocenters. The molecule has 1 aromatic heterocycles. The van der Waals surface area contributed by atoms with Crippen LogP contribution in [0.3, 0.4) is 0 Å². The van der Waals surface area contributed by atoms with Gasteiger partial charge < -0.3 is 14.5 Å². The molecule has 0 fully saturated rings. The van der Waals surface area contributed by atoms with Crippen LogP contribution >= 0.6 is 0 Å². The van der Waals surface area contributed by atoms with E-state index >= 15 is 0 Å². The van der Waals surface area contributed by atoms with E-state index in [1.807, 2.05) is 13.8 Å². The van der Waals surface area contributed by atoms with Gasteiger partial charge in [-0.05, 0) is 50.2 Å². The summed E-state index contributed by atoms with van der Waals surface area (Å²) in [7, 11) is -0.436. The molecule has 3 aromatic rings. The zero-order valence-electron chi connectivity index (χ0n) is 18.0. The lowest BCUT2D eigenvalue weighted by Crippen LogP contribution is -2.25. The molecule has 0 bridgehead atoms. The van der Waals surface area contributed by atoms with E-state index in [0.717, 1.165) is 6.26 Å². The van der Waals surface area contributed by atoms with Gasteiger partial charge in [0, 0.05) is 37.2 Å². The van der Waals surface area contributed by atoms with Gasteiger partial charge in [-0.25, -0.2) is 17.1 Å². The fourth-order valence-electron chi connectivity index (χ4n) is 3.16. The number of carbonyl (C=O) groups is 1. The quantitative estimate of drug-likeness (QED) is 0.594. The molecule has 166 valence electrons. The van der Waals surface area contributed by atoms with Gasteiger partial charge in [0.15, 0.2) is 0 Å². The van der Waals surface area contributed by atoms with Crippen LogP contribution in [-0.2, 0) is 16.6 Å². The summed E-state index contributed by atoms with van der Waals surface area (Å²) in [5, 5.41) is 3.12. The number of furan rings is 1. The minimum Gasteiger partial charge on any atom is -0.491 e. The number of ether oxygens (including phenoxy) is 1. The van der Waals surface area contributed by atoms with Crippen LogP contribution in [0, 0.1) is 5.82 Å². The molecule has 3 rings (SSSR count). The molecule has 0 aliphatic rings. The van der Waals surface area contributed by atoms with Crippen molar-refractivity contribution in [3.8, 4) is 17.1 Å². The van der Waals surface area contributed by atoms with Crippen molar-refractivity contribution in [3.63, 3.8) is 0 Å². The molecule has 0 aliphatic heterocycles. The number of nitrogens with zero attached hydrogens (tertiary/aromatic N) is 1. The summed E-state index contributed by atoms with van der Waals surface area (Å²) in [5.41, 5.74) is 1.82. The van der Waals surface area contributed by atoms with E-state index in [9.17, 15) is 17.6 Å². The molecule has 0 spiro atoms. The van der Waals surface area contributed by atoms with Crippen LogP contribution in [-0.4, -0.2) is 45.1 Å². The van der Waals surface area contributed by atoms with E-state index in [2.05, 4.69) is 5.32 Å². The number of amides is 1. The first-order valence-corrected chi connectivity index (χ1v) is 11.5. The Morgan fingerprint density at radius 1 is 1.23 bits per heavy atom. The summed E-state index contributed by atoms with van der Waals surface area (Å²) in [5.74, 6) is -0.0253. The topological polar surface area (TPSA) is 88.9 Å². The lowest BCUT2D eigenvalue weighted by atomic mass is 10.0. The summed E-state index contributed by atoms with van der Waals surface area (Å²) in [6.45, 7) is 3.78. The van der Waals surface area contributed by atoms with Gasteiger partial charge in [-0.1, -0.05) is 0 Å². The summed E-state index contributed by atoms with van der Waals surface area (Å²) >= 11 is 0. The second-order valence-corrected chi connectivity index (χ2v) is 9.62. The van der Waals surface area contributed by atoms with Gasteiger partial charge in [0.25, 0.3) is 5.91 Å². The average Bonchev–Trinajstić information content (AvgIpc) is 3.05. The highest BCUT2D eigenvalue weighted by Crippen LogP contribution is 2.38. The molecule has 31 heavy (non-hydrogen) atoms. The van der Waals surface area contributed by atoms with Crippen LogP contribution in [0.2, 0.25) is 0 Å². The third-order valence-corrected chi connectivity index (χ3v) is 6.01. The Hall–Kier alpha value is -2.91. The fourth-order valence-corrected chi connectivity index (χ4v) is 3.54. The molecule has 1 amide bonds. The normalized spacial score (nSPS) is 12.0. The van der Waals surface area contributed by atoms with Gasteiger partial charge in [0.05, 0.1) is 17.9 Å². The highest BCUT2D eigenvalue weighted by Gasteiger charge is 2.24. The van der Waals surface area contributed by atoms with Gasteiger partial charge >= 0.3 is 0 Å². The fraction of sp³-hybridized carbons (Fsp3) is 0.318. The largest absolute Gasteiger partial charge is 0.491 e. The Balaban J connectivity index is 2.25. The Labute approximate surface area is 180 Å². The van der Waals surface area contributed by atoms with Gasteiger partial charge in [0.2, 0.25) is 10.0 Å². The monoisotopic (exact) mass is 448 g/mol. The molecule has 9 heteroatoms. The van der Waals surface area contributed by atoms with Gasteiger partial charge in [0.1, 0.15) is 22.9 Å². The smallest absolute Gasteiger partial charge is 0.255 e. The maximum Gasteiger partial charge on any atom is 0.255 e. The van der Waals surface area contributed by atoms with E-state index in [4.69, 9.17) is 9.15 Å². The standard InChI is InChI=1S/C22H25FN2O5S/c1-13(2)29-18-11-17-19(10-15(18)12-25(4)31(5,27)28)30-21(20(17)22(26)24-3)14-6-8-16(23)9-7-14/h6-11,13H,12H2,1-5H3,(H,24,26). The van der Waals surface area contributed by atoms with E-state index in [0.29, 0.717) is 39.2 Å². The number of halogens is 1. The third kappa shape index (κ3) is 4.88. The molecule has 0 radical (unpaired) electrons. The number of hydrogen-bond acceptors (Lipinski definition) is 5. The predicted molar refractivity (Wildman–Crippen MR) is 117 cm³/mol. The van der Waals surface area contributed by atoms with Crippen LogP contribution in [0.25, 0.3) is 22.3 Å². The maximum absolute atomic E-state index is 13.4. The predicted octanol–water partition coefficient (Wildman–Crippen LogP) is 3.78. The zero-order chi connectivity index (χ0) is 22.9. The van der Waals surface area contributed by atoms with Gasteiger partial charge in [-0.15, -0.1) is 0 Å². The SMILES string of the molecule is CNC(=O)c1c(-c2ccc(F)cc2)oc2cc(CN(C)S(C)(=O)=O)c(OC(C)C)cc12. The van der Waals surface area contributed by atoms with Crippen molar-refractivity contribution in [1.82, 2.24) is 9.62 Å². The van der Waals surface area contributed by atoms with E-state index in [-0.39, 0.29) is 18.6 Å². The number of carbonyl (C=O) groups excluding carboxylic acids is 1. The Morgan fingerprint density at radius 3 is 2.42 bits per heavy atom. The van der Waals surface area contributed by atoms with Crippen molar-refractivity contribution < 1.29 is 26.8 Å². The number of sulfonamides is 1. The summed E-state index contributed by atoms with van der Waals surface area (Å²) in [6, 6.07) is 8.99. The van der Waals surface area contributed by atoms with E-state index in [1.165, 1.54) is 42.7 Å². The highest BCUT2D eigenvalue weighted by molar-refractivity contribution is 7.88. The van der Waals surface area contributed by atoms with Gasteiger partial charge in [-0.2, -0.15) is 0 Å². The molecular weight excluding hydrogens is 423 g/mol. The number of benzene rings is 2. The molecule has 1 N–H and O–H groups in total. The molecular formula is C22H25FN2O5S. The van der Waals surface area contributed by atoms with E-state index < -0.39 is 15.8 Å². The van der Waals surface area contributed by atoms with Crippen molar-refractivity contribution in [2.45, 2.75) is 26.5 Å². The zero-order valence-corrected chi connectivity index (χ0v) is 18.8. The minimum absolute atomic E-state index is 0.0682.